The van der Waals surface area contributed by atoms with Crippen molar-refractivity contribution in [2.45, 2.75) is 37.9 Å². The van der Waals surface area contributed by atoms with E-state index in [1.807, 2.05) is 0 Å². The quantitative estimate of drug-likeness (QED) is 0.349. The van der Waals surface area contributed by atoms with Crippen molar-refractivity contribution in [2.75, 3.05) is 23.0 Å². The average Bonchev–Trinajstić information content (AvgIpc) is 2.82. The van der Waals surface area contributed by atoms with E-state index in [2.05, 4.69) is 9.97 Å². The predicted octanol–water partition coefficient (Wildman–Crippen LogP) is 5.31. The molecule has 13 heteroatoms. The lowest BCUT2D eigenvalue weighted by Gasteiger charge is -2.29. The van der Waals surface area contributed by atoms with Gasteiger partial charge in [0.1, 0.15) is 12.5 Å². The van der Waals surface area contributed by atoms with Gasteiger partial charge in [0.05, 0.1) is 21.2 Å². The van der Waals surface area contributed by atoms with E-state index in [9.17, 15) is 26.4 Å². The van der Waals surface area contributed by atoms with E-state index < -0.39 is 45.3 Å². The molecule has 0 saturated carbocycles. The van der Waals surface area contributed by atoms with Crippen molar-refractivity contribution < 1.29 is 31.1 Å². The van der Waals surface area contributed by atoms with Crippen LogP contribution in [0.1, 0.15) is 35.5 Å². The minimum Gasteiger partial charge on any atom is -0.363 e. The lowest BCUT2D eigenvalue weighted by Crippen LogP contribution is -2.40. The molecule has 0 atom stereocenters. The number of alkyl halides is 3. The van der Waals surface area contributed by atoms with Crippen LogP contribution in [0.2, 0.25) is 5.02 Å². The van der Waals surface area contributed by atoms with Gasteiger partial charge in [0.25, 0.3) is 15.9 Å². The van der Waals surface area contributed by atoms with Crippen molar-refractivity contribution in [3.05, 3.63) is 76.7 Å². The van der Waals surface area contributed by atoms with Crippen LogP contribution < -0.4 is 9.21 Å². The third kappa shape index (κ3) is 6.03. The number of aryl methyl sites for hydroxylation is 1. The summed E-state index contributed by atoms with van der Waals surface area (Å²) in [5.74, 6) is -0.406. The largest absolute Gasteiger partial charge is 0.416 e. The Balaban J connectivity index is 2.20. The number of sulfonamides is 1. The molecule has 0 bridgehead atoms. The third-order valence-electron chi connectivity index (χ3n) is 5.29. The highest BCUT2D eigenvalue weighted by Gasteiger charge is 2.36. The number of carbonyl (C=O) groups is 1. The Labute approximate surface area is 217 Å². The minimum atomic E-state index is -4.78. The topological polar surface area (TPSA) is 92.7 Å². The van der Waals surface area contributed by atoms with E-state index in [0.29, 0.717) is 16.2 Å². The van der Waals surface area contributed by atoms with Gasteiger partial charge in [0, 0.05) is 25.5 Å². The molecule has 0 radical (unpaired) electrons. The Morgan fingerprint density at radius 2 is 1.84 bits per heavy atom. The highest BCUT2D eigenvalue weighted by Crippen LogP contribution is 2.35. The van der Waals surface area contributed by atoms with E-state index in [1.54, 1.807) is 32.0 Å². The number of nitrogens with zero attached hydrogens (tertiary/aromatic N) is 4. The van der Waals surface area contributed by atoms with Gasteiger partial charge >= 0.3 is 6.18 Å². The Hall–Kier alpha value is -3.22. The van der Waals surface area contributed by atoms with Gasteiger partial charge in [-0.3, -0.25) is 9.69 Å². The molecule has 198 valence electrons. The highest BCUT2D eigenvalue weighted by atomic mass is 35.5. The van der Waals surface area contributed by atoms with Crippen LogP contribution in [-0.2, 0) is 20.9 Å². The highest BCUT2D eigenvalue weighted by molar-refractivity contribution is 7.92. The van der Waals surface area contributed by atoms with Crippen LogP contribution in [0.3, 0.4) is 0 Å². The number of carbonyl (C=O) groups excluding carboxylic acids is 1. The Bertz CT molecular complexity index is 1390. The molecule has 37 heavy (non-hydrogen) atoms. The van der Waals surface area contributed by atoms with E-state index in [-0.39, 0.29) is 22.0 Å². The first-order valence-electron chi connectivity index (χ1n) is 10.9. The smallest absolute Gasteiger partial charge is 0.363 e. The van der Waals surface area contributed by atoms with Crippen molar-refractivity contribution in [1.82, 2.24) is 9.97 Å². The number of aromatic nitrogens is 2. The first-order valence-corrected chi connectivity index (χ1v) is 12.7. The summed E-state index contributed by atoms with van der Waals surface area (Å²) in [5.41, 5.74) is -1.83. The van der Waals surface area contributed by atoms with Crippen LogP contribution in [0.15, 0.2) is 59.8 Å². The van der Waals surface area contributed by atoms with Crippen molar-refractivity contribution in [3.8, 4) is 0 Å². The fraction of sp³-hybridized carbons (Fsp3) is 0.292. The molecule has 0 saturated heterocycles. The molecule has 8 nitrogen and oxygen atoms in total. The summed E-state index contributed by atoms with van der Waals surface area (Å²) < 4.78 is 73.6. The number of halogens is 4. The lowest BCUT2D eigenvalue weighted by atomic mass is 10.1. The van der Waals surface area contributed by atoms with Gasteiger partial charge in [-0.25, -0.2) is 22.7 Å². The van der Waals surface area contributed by atoms with Crippen LogP contribution >= 0.6 is 11.6 Å². The molecule has 3 rings (SSSR count). The summed E-state index contributed by atoms with van der Waals surface area (Å²) in [7, 11) is -3.47. The maximum absolute atomic E-state index is 13.7. The summed E-state index contributed by atoms with van der Waals surface area (Å²) in [6.07, 6.45) is -2.12. The standard InChI is InChI=1S/C24H24ClF3N4O4S/c1-15(2)32(21-7-5-6-10-29-21)23(33)22-20(11-17(25)13-30-22)31(14-36-4)37(34,35)18-9-8-16(3)19(12-18)24(26,27)28/h5-13,15H,14H2,1-4H3. The summed E-state index contributed by atoms with van der Waals surface area (Å²) in [6.45, 7) is 4.06. The zero-order chi connectivity index (χ0) is 27.5. The number of pyridine rings is 2. The number of hydrogen-bond donors (Lipinski definition) is 0. The van der Waals surface area contributed by atoms with Crippen LogP contribution in [0.4, 0.5) is 24.7 Å². The predicted molar refractivity (Wildman–Crippen MR) is 133 cm³/mol. The number of ether oxygens (including phenoxy) is 1. The maximum Gasteiger partial charge on any atom is 0.416 e. The normalized spacial score (nSPS) is 12.0. The zero-order valence-electron chi connectivity index (χ0n) is 20.3. The Morgan fingerprint density at radius 1 is 1.14 bits per heavy atom. The molecule has 1 aromatic carbocycles. The minimum absolute atomic E-state index is 0.00308. The molecule has 0 aliphatic carbocycles. The fourth-order valence-corrected chi connectivity index (χ4v) is 5.13. The van der Waals surface area contributed by atoms with Gasteiger partial charge in [-0.2, -0.15) is 13.2 Å². The molecule has 0 unspecified atom stereocenters. The fourth-order valence-electron chi connectivity index (χ4n) is 3.58. The van der Waals surface area contributed by atoms with Gasteiger partial charge in [-0.05, 0) is 56.7 Å². The summed E-state index contributed by atoms with van der Waals surface area (Å²) in [6, 6.07) is 8.38. The summed E-state index contributed by atoms with van der Waals surface area (Å²) in [5, 5.41) is -0.00308. The van der Waals surface area contributed by atoms with Gasteiger partial charge in [0.2, 0.25) is 0 Å². The number of rotatable bonds is 8. The zero-order valence-corrected chi connectivity index (χ0v) is 21.9. The van der Waals surface area contributed by atoms with Crippen molar-refractivity contribution in [1.29, 1.82) is 0 Å². The molecule has 0 aliphatic rings. The second-order valence-corrected chi connectivity index (χ2v) is 10.5. The average molecular weight is 557 g/mol. The van der Waals surface area contributed by atoms with Gasteiger partial charge in [-0.1, -0.05) is 23.7 Å². The van der Waals surface area contributed by atoms with Crippen molar-refractivity contribution in [2.24, 2.45) is 0 Å². The molecule has 0 spiro atoms. The lowest BCUT2D eigenvalue weighted by molar-refractivity contribution is -0.138. The second kappa shape index (κ2) is 11.0. The number of amides is 1. The molecule has 0 aliphatic heterocycles. The van der Waals surface area contributed by atoms with E-state index >= 15 is 0 Å². The Morgan fingerprint density at radius 3 is 2.41 bits per heavy atom. The Kier molecular flexibility index (Phi) is 8.45. The third-order valence-corrected chi connectivity index (χ3v) is 7.22. The molecular formula is C24H24ClF3N4O4S. The van der Waals surface area contributed by atoms with Crippen molar-refractivity contribution in [3.63, 3.8) is 0 Å². The van der Waals surface area contributed by atoms with E-state index in [4.69, 9.17) is 16.3 Å². The SMILES string of the molecule is COCN(c1cc(Cl)cnc1C(=O)N(c1ccccn1)C(C)C)S(=O)(=O)c1ccc(C)c(C(F)(F)F)c1. The number of hydrogen-bond acceptors (Lipinski definition) is 6. The molecule has 2 heterocycles. The van der Waals surface area contributed by atoms with Crippen molar-refractivity contribution >= 4 is 39.0 Å². The molecule has 1 amide bonds. The van der Waals surface area contributed by atoms with E-state index in [0.717, 1.165) is 12.1 Å². The van der Waals surface area contributed by atoms with Crippen LogP contribution in [-0.4, -0.2) is 44.2 Å². The van der Waals surface area contributed by atoms with Gasteiger partial charge in [-0.15, -0.1) is 0 Å². The summed E-state index contributed by atoms with van der Waals surface area (Å²) in [4.78, 5) is 22.7. The summed E-state index contributed by atoms with van der Waals surface area (Å²) >= 11 is 6.12. The monoisotopic (exact) mass is 556 g/mol. The van der Waals surface area contributed by atoms with Crippen LogP contribution in [0.5, 0.6) is 0 Å². The molecule has 2 aromatic heterocycles. The molecule has 3 aromatic rings. The molecule has 0 fully saturated rings. The van der Waals surface area contributed by atoms with Gasteiger partial charge in [0.15, 0.2) is 5.69 Å². The van der Waals surface area contributed by atoms with Crippen LogP contribution in [0, 0.1) is 6.92 Å². The van der Waals surface area contributed by atoms with E-state index in [1.165, 1.54) is 37.4 Å². The van der Waals surface area contributed by atoms with Gasteiger partial charge < -0.3 is 4.74 Å². The first kappa shape index (κ1) is 28.4. The first-order chi connectivity index (χ1) is 17.3. The molecular weight excluding hydrogens is 533 g/mol. The van der Waals surface area contributed by atoms with Crippen LogP contribution in [0.25, 0.3) is 0 Å². The number of methoxy groups -OCH3 is 1. The number of benzene rings is 1. The second-order valence-electron chi connectivity index (χ2n) is 8.22. The molecule has 0 N–H and O–H groups in total. The number of anilines is 2. The maximum atomic E-state index is 13.7.